The van der Waals surface area contributed by atoms with Crippen molar-refractivity contribution in [2.75, 3.05) is 5.32 Å². The number of carbonyl (C=O) groups excluding carboxylic acids is 2. The monoisotopic (exact) mass is 451 g/mol. The van der Waals surface area contributed by atoms with Gasteiger partial charge in [-0.15, -0.1) is 10.2 Å². The number of hydrogen-bond donors (Lipinski definition) is 1. The summed E-state index contributed by atoms with van der Waals surface area (Å²) in [6.45, 7) is 4.03. The van der Waals surface area contributed by atoms with Crippen LogP contribution in [0.5, 0.6) is 5.75 Å². The van der Waals surface area contributed by atoms with Gasteiger partial charge in [-0.3, -0.25) is 14.4 Å². The maximum atomic E-state index is 12.3. The van der Waals surface area contributed by atoms with Gasteiger partial charge in [0.2, 0.25) is 22.2 Å². The largest absolute Gasteiger partial charge is 0.464 e. The van der Waals surface area contributed by atoms with Crippen molar-refractivity contribution in [3.63, 3.8) is 0 Å². The third-order valence-electron chi connectivity index (χ3n) is 4.59. The predicted octanol–water partition coefficient (Wildman–Crippen LogP) is 4.25. The quantitative estimate of drug-likeness (QED) is 0.306. The van der Waals surface area contributed by atoms with Crippen molar-refractivity contribution in [1.82, 2.24) is 10.2 Å². The van der Waals surface area contributed by atoms with Crippen LogP contribution in [0.1, 0.15) is 58.1 Å². The summed E-state index contributed by atoms with van der Waals surface area (Å²) in [4.78, 5) is 36.4. The minimum Gasteiger partial charge on any atom is -0.464 e. The minimum absolute atomic E-state index is 0.0149. The second kappa shape index (κ2) is 10.7. The highest BCUT2D eigenvalue weighted by Crippen LogP contribution is 2.32. The Morgan fingerprint density at radius 2 is 2.03 bits per heavy atom. The first kappa shape index (κ1) is 22.5. The molecule has 0 bridgehead atoms. The third kappa shape index (κ3) is 6.40. The number of ether oxygens (including phenoxy) is 1. The molecule has 2 aromatic rings. The molecule has 0 saturated heterocycles. The molecule has 3 rings (SSSR count). The average molecular weight is 452 g/mol. The van der Waals surface area contributed by atoms with Crippen molar-refractivity contribution < 1.29 is 18.7 Å². The van der Waals surface area contributed by atoms with Gasteiger partial charge in [0.25, 0.3) is 0 Å². The molecule has 0 unspecified atom stereocenters. The number of rotatable bonds is 11. The molecule has 0 aromatic carbocycles. The molecule has 1 aliphatic rings. The van der Waals surface area contributed by atoms with Crippen LogP contribution in [-0.4, -0.2) is 22.1 Å². The van der Waals surface area contributed by atoms with E-state index in [0.717, 1.165) is 38.5 Å². The molecule has 1 saturated carbocycles. The highest BCUT2D eigenvalue weighted by Gasteiger charge is 2.30. The number of nitrogens with one attached hydrogen (secondary N) is 1. The first-order chi connectivity index (χ1) is 14.5. The van der Waals surface area contributed by atoms with Crippen molar-refractivity contribution >= 4 is 40.1 Å². The molecule has 8 nitrogen and oxygen atoms in total. The fourth-order valence-corrected chi connectivity index (χ4v) is 4.51. The molecule has 30 heavy (non-hydrogen) atoms. The first-order valence-electron chi connectivity index (χ1n) is 10.1. The predicted molar refractivity (Wildman–Crippen MR) is 115 cm³/mol. The van der Waals surface area contributed by atoms with Crippen LogP contribution in [0.4, 0.5) is 5.13 Å². The van der Waals surface area contributed by atoms with E-state index >= 15 is 0 Å². The van der Waals surface area contributed by atoms with Crippen LogP contribution < -0.4 is 15.5 Å². The van der Waals surface area contributed by atoms with Crippen LogP contribution in [0.3, 0.4) is 0 Å². The number of carbonyl (C=O) groups is 2. The van der Waals surface area contributed by atoms with Crippen LogP contribution in [0.2, 0.25) is 0 Å². The van der Waals surface area contributed by atoms with Gasteiger partial charge >= 0.3 is 5.97 Å². The lowest BCUT2D eigenvalue weighted by Gasteiger charge is -2.13. The van der Waals surface area contributed by atoms with Crippen molar-refractivity contribution in [3.8, 4) is 5.75 Å². The van der Waals surface area contributed by atoms with Gasteiger partial charge in [-0.05, 0) is 25.7 Å². The zero-order chi connectivity index (χ0) is 21.5. The van der Waals surface area contributed by atoms with E-state index in [2.05, 4.69) is 15.5 Å². The zero-order valence-corrected chi connectivity index (χ0v) is 18.6. The maximum Gasteiger partial charge on any atom is 0.314 e. The van der Waals surface area contributed by atoms with Crippen LogP contribution in [0, 0.1) is 11.8 Å². The summed E-state index contributed by atoms with van der Waals surface area (Å²) in [6, 6.07) is 1.32. The molecule has 162 valence electrons. The summed E-state index contributed by atoms with van der Waals surface area (Å²) < 4.78 is 11.4. The van der Waals surface area contributed by atoms with E-state index in [1.54, 1.807) is 0 Å². The second-order valence-electron chi connectivity index (χ2n) is 7.20. The highest BCUT2D eigenvalue weighted by molar-refractivity contribution is 8.00. The number of nitrogens with zero attached hydrogens (tertiary/aromatic N) is 2. The molecular weight excluding hydrogens is 426 g/mol. The summed E-state index contributed by atoms with van der Waals surface area (Å²) >= 11 is 2.62. The lowest BCUT2D eigenvalue weighted by atomic mass is 9.99. The first-order valence-corrected chi connectivity index (χ1v) is 11.9. The number of amides is 1. The van der Waals surface area contributed by atoms with Gasteiger partial charge < -0.3 is 14.5 Å². The molecule has 1 amide bonds. The standard InChI is InChI=1S/C20H25N3O5S2/c1-3-5-13(6-4-2)18(26)28-16-10-27-14(9-15(16)24)11-29-20-23-22-19(30-20)21-17(25)12-7-8-12/h9-10,12-13H,3-8,11H2,1-2H3,(H,21,22,25). The molecule has 0 aliphatic heterocycles. The smallest absolute Gasteiger partial charge is 0.314 e. The number of hydrogen-bond acceptors (Lipinski definition) is 9. The van der Waals surface area contributed by atoms with Crippen LogP contribution in [0.25, 0.3) is 0 Å². The minimum atomic E-state index is -0.397. The van der Waals surface area contributed by atoms with E-state index in [0.29, 0.717) is 21.0 Å². The topological polar surface area (TPSA) is 111 Å². The maximum absolute atomic E-state index is 12.3. The lowest BCUT2D eigenvalue weighted by molar-refractivity contribution is -0.139. The fourth-order valence-electron chi connectivity index (χ4n) is 2.86. The molecule has 2 aromatic heterocycles. The van der Waals surface area contributed by atoms with Crippen molar-refractivity contribution in [1.29, 1.82) is 0 Å². The molecule has 10 heteroatoms. The highest BCUT2D eigenvalue weighted by atomic mass is 32.2. The van der Waals surface area contributed by atoms with Gasteiger partial charge in [0.05, 0.1) is 11.7 Å². The van der Waals surface area contributed by atoms with Crippen molar-refractivity contribution in [3.05, 3.63) is 28.3 Å². The summed E-state index contributed by atoms with van der Waals surface area (Å²) in [7, 11) is 0. The molecule has 0 radical (unpaired) electrons. The van der Waals surface area contributed by atoms with Crippen LogP contribution in [0.15, 0.2) is 25.9 Å². The molecule has 1 aliphatic carbocycles. The van der Waals surface area contributed by atoms with Gasteiger partial charge in [-0.1, -0.05) is 49.8 Å². The molecular formula is C20H25N3O5S2. The lowest BCUT2D eigenvalue weighted by Crippen LogP contribution is -2.23. The van der Waals surface area contributed by atoms with E-state index in [1.807, 2.05) is 13.8 Å². The average Bonchev–Trinajstić information content (AvgIpc) is 3.49. The fraction of sp³-hybridized carbons (Fsp3) is 0.550. The summed E-state index contributed by atoms with van der Waals surface area (Å²) in [5, 5.41) is 11.2. The van der Waals surface area contributed by atoms with Gasteiger partial charge in [0, 0.05) is 12.0 Å². The third-order valence-corrected chi connectivity index (χ3v) is 6.59. The molecule has 1 N–H and O–H groups in total. The Hall–Kier alpha value is -2.20. The van der Waals surface area contributed by atoms with Crippen molar-refractivity contribution in [2.45, 2.75) is 62.5 Å². The Morgan fingerprint density at radius 1 is 1.30 bits per heavy atom. The van der Waals surface area contributed by atoms with Crippen molar-refractivity contribution in [2.24, 2.45) is 11.8 Å². The van der Waals surface area contributed by atoms with Gasteiger partial charge in [-0.25, -0.2) is 0 Å². The second-order valence-corrected chi connectivity index (χ2v) is 9.40. The van der Waals surface area contributed by atoms with E-state index in [4.69, 9.17) is 9.15 Å². The van der Waals surface area contributed by atoms with Crippen LogP contribution in [-0.2, 0) is 15.3 Å². The molecule has 0 atom stereocenters. The number of aromatic nitrogens is 2. The van der Waals surface area contributed by atoms with E-state index in [1.165, 1.54) is 35.4 Å². The van der Waals surface area contributed by atoms with E-state index in [-0.39, 0.29) is 29.5 Å². The molecule has 0 spiro atoms. The van der Waals surface area contributed by atoms with E-state index in [9.17, 15) is 14.4 Å². The Morgan fingerprint density at radius 3 is 2.67 bits per heavy atom. The normalized spacial score (nSPS) is 13.4. The summed E-state index contributed by atoms with van der Waals surface area (Å²) in [6.07, 6.45) is 6.26. The Balaban J connectivity index is 1.53. The molecule has 2 heterocycles. The molecule has 1 fully saturated rings. The van der Waals surface area contributed by atoms with Gasteiger partial charge in [0.15, 0.2) is 4.34 Å². The Labute approximate surface area is 182 Å². The van der Waals surface area contributed by atoms with Crippen LogP contribution >= 0.6 is 23.1 Å². The summed E-state index contributed by atoms with van der Waals surface area (Å²) in [5.41, 5.74) is -0.397. The van der Waals surface area contributed by atoms with Gasteiger partial charge in [-0.2, -0.15) is 0 Å². The SMILES string of the molecule is CCCC(CCC)C(=O)Oc1coc(CSc2nnc(NC(=O)C3CC3)s2)cc1=O. The van der Waals surface area contributed by atoms with E-state index < -0.39 is 5.43 Å². The Kier molecular flexibility index (Phi) is 8.03. The number of esters is 1. The number of anilines is 1. The zero-order valence-electron chi connectivity index (χ0n) is 17.0. The van der Waals surface area contributed by atoms with Gasteiger partial charge in [0.1, 0.15) is 12.0 Å². The Bertz CT molecular complexity index is 933. The number of thioether (sulfide) groups is 1. The summed E-state index contributed by atoms with van der Waals surface area (Å²) in [5.74, 6) is 0.201.